The van der Waals surface area contributed by atoms with Crippen molar-refractivity contribution in [2.75, 3.05) is 36.9 Å². The summed E-state index contributed by atoms with van der Waals surface area (Å²) in [4.78, 5) is 14.0. The topological polar surface area (TPSA) is 101 Å². The van der Waals surface area contributed by atoms with E-state index in [9.17, 15) is 0 Å². The molecule has 1 aliphatic rings. The molecule has 0 aliphatic carbocycles. The van der Waals surface area contributed by atoms with E-state index < -0.39 is 0 Å². The molecular weight excluding hydrogens is 410 g/mol. The van der Waals surface area contributed by atoms with Crippen LogP contribution >= 0.6 is 12.2 Å². The Balaban J connectivity index is 1.44. The number of hydrogen-bond acceptors (Lipinski definition) is 4. The van der Waals surface area contributed by atoms with E-state index in [-0.39, 0.29) is 5.84 Å². The third-order valence-corrected chi connectivity index (χ3v) is 4.93. The number of rotatable bonds is 4. The Morgan fingerprint density at radius 3 is 2.35 bits per heavy atom. The fourth-order valence-electron chi connectivity index (χ4n) is 3.16. The number of morpholine rings is 1. The molecule has 1 saturated heterocycles. The van der Waals surface area contributed by atoms with E-state index >= 15 is 0 Å². The van der Waals surface area contributed by atoms with Gasteiger partial charge in [0.1, 0.15) is 0 Å². The first-order valence-corrected chi connectivity index (χ1v) is 10.3. The molecule has 1 aliphatic heterocycles. The molecule has 3 aromatic rings. The van der Waals surface area contributed by atoms with E-state index in [4.69, 9.17) is 22.4 Å². The van der Waals surface area contributed by atoms with Gasteiger partial charge in [-0.1, -0.05) is 0 Å². The minimum atomic E-state index is 0.195. The summed E-state index contributed by atoms with van der Waals surface area (Å²) in [5, 5.41) is 15.2. The van der Waals surface area contributed by atoms with Crippen molar-refractivity contribution >= 4 is 40.4 Å². The molecule has 0 radical (unpaired) electrons. The Labute approximate surface area is 185 Å². The number of thiocarbonyl (C=S) groups is 1. The highest BCUT2D eigenvalue weighted by atomic mass is 32.1. The lowest BCUT2D eigenvalue weighted by molar-refractivity contribution is 0.0682. The van der Waals surface area contributed by atoms with Crippen LogP contribution < -0.4 is 10.6 Å². The second-order valence-corrected chi connectivity index (χ2v) is 7.27. The van der Waals surface area contributed by atoms with E-state index in [1.54, 1.807) is 12.4 Å². The Kier molecular flexibility index (Phi) is 6.65. The van der Waals surface area contributed by atoms with Gasteiger partial charge in [-0.15, -0.1) is 0 Å². The summed E-state index contributed by atoms with van der Waals surface area (Å²) < 4.78 is 5.45. The number of aromatic amines is 1. The Morgan fingerprint density at radius 1 is 1.03 bits per heavy atom. The van der Waals surface area contributed by atoms with Gasteiger partial charge in [-0.3, -0.25) is 10.4 Å². The number of nitrogens with one attached hydrogen (secondary N) is 4. The smallest absolute Gasteiger partial charge is 0.175 e. The van der Waals surface area contributed by atoms with Crippen molar-refractivity contribution in [3.05, 3.63) is 78.4 Å². The van der Waals surface area contributed by atoms with Gasteiger partial charge in [0.05, 0.1) is 18.9 Å². The number of benzene rings is 1. The summed E-state index contributed by atoms with van der Waals surface area (Å²) in [6.45, 7) is 2.80. The maximum Gasteiger partial charge on any atom is 0.175 e. The lowest BCUT2D eigenvalue weighted by atomic mass is 10.2. The summed E-state index contributed by atoms with van der Waals surface area (Å²) in [6, 6.07) is 15.0. The first kappa shape index (κ1) is 20.7. The minimum absolute atomic E-state index is 0.195. The molecule has 3 heterocycles. The van der Waals surface area contributed by atoms with Crippen LogP contribution in [0.1, 0.15) is 11.3 Å². The third-order valence-electron chi connectivity index (χ3n) is 4.72. The molecule has 2 aromatic heterocycles. The number of hydrogen-bond donors (Lipinski definition) is 4. The molecule has 0 saturated carbocycles. The van der Waals surface area contributed by atoms with Crippen molar-refractivity contribution in [3.8, 4) is 0 Å². The molecule has 9 heteroatoms. The number of ether oxygens (including phenoxy) is 1. The first-order chi connectivity index (χ1) is 15.2. The summed E-state index contributed by atoms with van der Waals surface area (Å²) in [7, 11) is 0. The largest absolute Gasteiger partial charge is 0.378 e. The zero-order chi connectivity index (χ0) is 21.5. The van der Waals surface area contributed by atoms with Crippen molar-refractivity contribution in [2.45, 2.75) is 0 Å². The van der Waals surface area contributed by atoms with Crippen LogP contribution in [0.4, 0.5) is 11.4 Å². The van der Waals surface area contributed by atoms with Crippen molar-refractivity contribution < 1.29 is 4.74 Å². The van der Waals surface area contributed by atoms with Crippen LogP contribution in [0, 0.1) is 5.41 Å². The van der Waals surface area contributed by atoms with E-state index in [2.05, 4.69) is 30.5 Å². The number of H-pyrrole nitrogens is 1. The first-order valence-electron chi connectivity index (χ1n) is 9.91. The van der Waals surface area contributed by atoms with Crippen molar-refractivity contribution in [2.24, 2.45) is 4.99 Å². The lowest BCUT2D eigenvalue weighted by Crippen LogP contribution is -2.41. The molecular formula is C22H23N7OS. The molecule has 4 rings (SSSR count). The normalized spacial score (nSPS) is 14.2. The van der Waals surface area contributed by atoms with Gasteiger partial charge in [0, 0.05) is 48.6 Å². The fraction of sp³-hybridized carbons (Fsp3) is 0.182. The number of pyridine rings is 1. The highest BCUT2D eigenvalue weighted by Gasteiger charge is 2.18. The van der Waals surface area contributed by atoms with Crippen LogP contribution in [0.2, 0.25) is 0 Å². The lowest BCUT2D eigenvalue weighted by Gasteiger charge is -2.29. The Bertz CT molecular complexity index is 1040. The molecule has 4 N–H and O–H groups in total. The average molecular weight is 434 g/mol. The second kappa shape index (κ2) is 9.96. The number of nitrogens with zero attached hydrogens (tertiary/aromatic N) is 3. The van der Waals surface area contributed by atoms with Gasteiger partial charge < -0.3 is 25.3 Å². The maximum absolute atomic E-state index is 8.52. The van der Waals surface area contributed by atoms with Gasteiger partial charge in [0.2, 0.25) is 0 Å². The number of anilines is 2. The average Bonchev–Trinajstić information content (AvgIpc) is 3.33. The number of aromatic nitrogens is 2. The zero-order valence-electron chi connectivity index (χ0n) is 16.8. The van der Waals surface area contributed by atoms with Crippen LogP contribution in [0.15, 0.2) is 72.1 Å². The summed E-state index contributed by atoms with van der Waals surface area (Å²) in [5.41, 5.74) is 3.29. The van der Waals surface area contributed by atoms with Crippen LogP contribution in [-0.2, 0) is 4.74 Å². The van der Waals surface area contributed by atoms with Gasteiger partial charge in [-0.25, -0.2) is 4.99 Å². The highest BCUT2D eigenvalue weighted by Crippen LogP contribution is 2.14. The minimum Gasteiger partial charge on any atom is -0.378 e. The van der Waals surface area contributed by atoms with E-state index in [0.717, 1.165) is 41.6 Å². The standard InChI is InChI=1S/C22H23N7OS/c23-20(28-21(19-2-1-9-25-19)29-12-14-30-15-13-29)16-3-5-17(6-4-16)26-22(31)27-18-7-10-24-11-8-18/h1-11,23,25H,12-15H2,(H2,24,26,27,31). The van der Waals surface area contributed by atoms with Gasteiger partial charge in [0.15, 0.2) is 16.8 Å². The van der Waals surface area contributed by atoms with Crippen LogP contribution in [0.25, 0.3) is 0 Å². The fourth-order valence-corrected chi connectivity index (χ4v) is 3.39. The van der Waals surface area contributed by atoms with Crippen molar-refractivity contribution in [1.82, 2.24) is 14.9 Å². The van der Waals surface area contributed by atoms with Crippen LogP contribution in [0.3, 0.4) is 0 Å². The summed E-state index contributed by atoms with van der Waals surface area (Å²) >= 11 is 5.35. The van der Waals surface area contributed by atoms with Crippen LogP contribution in [0.5, 0.6) is 0 Å². The second-order valence-electron chi connectivity index (χ2n) is 6.86. The van der Waals surface area contributed by atoms with Gasteiger partial charge in [-0.05, 0) is 60.7 Å². The molecule has 0 amide bonds. The van der Waals surface area contributed by atoms with Crippen molar-refractivity contribution in [3.63, 3.8) is 0 Å². The molecule has 1 fully saturated rings. The molecule has 8 nitrogen and oxygen atoms in total. The number of amidine groups is 2. The summed E-state index contributed by atoms with van der Waals surface area (Å²) in [6.07, 6.45) is 5.26. The van der Waals surface area contributed by atoms with Gasteiger partial charge in [0.25, 0.3) is 0 Å². The molecule has 0 spiro atoms. The molecule has 1 aromatic carbocycles. The van der Waals surface area contributed by atoms with Gasteiger partial charge in [-0.2, -0.15) is 0 Å². The quantitative estimate of drug-likeness (QED) is 0.286. The Morgan fingerprint density at radius 2 is 1.71 bits per heavy atom. The predicted molar refractivity (Wildman–Crippen MR) is 127 cm³/mol. The molecule has 31 heavy (non-hydrogen) atoms. The Hall–Kier alpha value is -3.56. The van der Waals surface area contributed by atoms with E-state index in [1.165, 1.54) is 0 Å². The molecule has 0 unspecified atom stereocenters. The zero-order valence-corrected chi connectivity index (χ0v) is 17.7. The SMILES string of the molecule is N=C(N=C(c1ccc[nH]1)N1CCOCC1)c1ccc(NC(=S)Nc2ccncc2)cc1. The highest BCUT2D eigenvalue weighted by molar-refractivity contribution is 7.80. The van der Waals surface area contributed by atoms with Gasteiger partial charge >= 0.3 is 0 Å². The number of aliphatic imine (C=N–C) groups is 1. The van der Waals surface area contributed by atoms with E-state index in [1.807, 2.05) is 54.7 Å². The molecule has 0 atom stereocenters. The summed E-state index contributed by atoms with van der Waals surface area (Å²) in [5.74, 6) is 0.948. The molecule has 158 valence electrons. The monoisotopic (exact) mass is 433 g/mol. The predicted octanol–water partition coefficient (Wildman–Crippen LogP) is 3.32. The third kappa shape index (κ3) is 5.53. The van der Waals surface area contributed by atoms with E-state index in [0.29, 0.717) is 18.3 Å². The maximum atomic E-state index is 8.52. The van der Waals surface area contributed by atoms with Crippen LogP contribution in [-0.4, -0.2) is 58.0 Å². The van der Waals surface area contributed by atoms with Crippen molar-refractivity contribution in [1.29, 1.82) is 5.41 Å². The molecule has 0 bridgehead atoms.